The van der Waals surface area contributed by atoms with Gasteiger partial charge in [-0.1, -0.05) is 24.6 Å². The van der Waals surface area contributed by atoms with Crippen molar-refractivity contribution in [3.05, 3.63) is 46.3 Å². The zero-order valence-electron chi connectivity index (χ0n) is 17.6. The van der Waals surface area contributed by atoms with E-state index in [1.165, 1.54) is 18.4 Å². The fourth-order valence-electron chi connectivity index (χ4n) is 3.45. The highest BCUT2D eigenvalue weighted by Gasteiger charge is 2.26. The van der Waals surface area contributed by atoms with E-state index in [1.807, 2.05) is 30.3 Å². The Balaban J connectivity index is 1.47. The van der Waals surface area contributed by atoms with Crippen LogP contribution in [0.2, 0.25) is 0 Å². The summed E-state index contributed by atoms with van der Waals surface area (Å²) in [5, 5.41) is 3.19. The number of para-hydroxylation sites is 1. The molecule has 0 atom stereocenters. The molecule has 0 saturated carbocycles. The molecule has 2 aromatic rings. The lowest BCUT2D eigenvalue weighted by molar-refractivity contribution is -0.147. The average Bonchev–Trinajstić information content (AvgIpc) is 2.95. The number of amides is 1. The molecule has 1 aliphatic carbocycles. The van der Waals surface area contributed by atoms with Gasteiger partial charge in [0, 0.05) is 11.3 Å². The number of methoxy groups -OCH3 is 1. The minimum absolute atomic E-state index is 0.154. The van der Waals surface area contributed by atoms with Gasteiger partial charge in [0.05, 0.1) is 19.3 Å². The fourth-order valence-corrected chi connectivity index (χ4v) is 4.75. The Kier molecular flexibility index (Phi) is 8.46. The summed E-state index contributed by atoms with van der Waals surface area (Å²) >= 11 is 1.41. The maximum Gasteiger partial charge on any atom is 0.341 e. The fraction of sp³-hybridized carbons (Fsp3) is 0.435. The minimum atomic E-state index is -0.476. The summed E-state index contributed by atoms with van der Waals surface area (Å²) in [5.74, 6) is -0.659. The molecule has 1 N–H and O–H groups in total. The second kappa shape index (κ2) is 11.5. The number of carbonyl (C=O) groups excluding carboxylic acids is 3. The summed E-state index contributed by atoms with van der Waals surface area (Å²) in [4.78, 5) is 37.6. The number of fused-ring (bicyclic) bond motifs is 1. The van der Waals surface area contributed by atoms with Gasteiger partial charge in [0.2, 0.25) is 0 Å². The van der Waals surface area contributed by atoms with Crippen molar-refractivity contribution in [3.8, 4) is 5.75 Å². The Hall–Kier alpha value is -2.87. The molecule has 166 valence electrons. The van der Waals surface area contributed by atoms with Crippen LogP contribution in [-0.4, -0.2) is 38.2 Å². The van der Waals surface area contributed by atoms with E-state index in [2.05, 4.69) is 5.32 Å². The number of aryl methyl sites for hydroxylation is 1. The van der Waals surface area contributed by atoms with Crippen molar-refractivity contribution >= 4 is 34.2 Å². The quantitative estimate of drug-likeness (QED) is 0.354. The predicted molar refractivity (Wildman–Crippen MR) is 118 cm³/mol. The van der Waals surface area contributed by atoms with Crippen LogP contribution in [0.5, 0.6) is 5.75 Å². The van der Waals surface area contributed by atoms with E-state index in [4.69, 9.17) is 14.2 Å². The Labute approximate surface area is 185 Å². The molecule has 3 rings (SSSR count). The zero-order chi connectivity index (χ0) is 22.1. The first-order valence-corrected chi connectivity index (χ1v) is 11.3. The summed E-state index contributed by atoms with van der Waals surface area (Å²) in [6, 6.07) is 9.33. The third-order valence-electron chi connectivity index (χ3n) is 4.97. The molecule has 8 heteroatoms. The lowest BCUT2D eigenvalue weighted by Crippen LogP contribution is -2.22. The van der Waals surface area contributed by atoms with Gasteiger partial charge >= 0.3 is 11.9 Å². The first kappa shape index (κ1) is 22.8. The summed E-state index contributed by atoms with van der Waals surface area (Å²) in [7, 11) is 1.33. The number of anilines is 1. The SMILES string of the molecule is COC(=O)c1c(NC(=O)COC(=O)CCCOc2ccccc2)sc2c1CCCCC2. The van der Waals surface area contributed by atoms with Crippen LogP contribution in [0.15, 0.2) is 30.3 Å². The van der Waals surface area contributed by atoms with Crippen molar-refractivity contribution in [2.75, 3.05) is 25.6 Å². The maximum absolute atomic E-state index is 12.3. The average molecular weight is 446 g/mol. The Morgan fingerprint density at radius 1 is 1.06 bits per heavy atom. The van der Waals surface area contributed by atoms with Crippen LogP contribution < -0.4 is 10.1 Å². The summed E-state index contributed by atoms with van der Waals surface area (Å²) in [5.41, 5.74) is 1.40. The van der Waals surface area contributed by atoms with Crippen LogP contribution in [-0.2, 0) is 31.9 Å². The molecular weight excluding hydrogens is 418 g/mol. The van der Waals surface area contributed by atoms with Crippen LogP contribution in [0, 0.1) is 0 Å². The van der Waals surface area contributed by atoms with E-state index in [0.717, 1.165) is 48.3 Å². The number of benzene rings is 1. The van der Waals surface area contributed by atoms with Crippen molar-refractivity contribution in [2.24, 2.45) is 0 Å². The standard InChI is InChI=1S/C23H27NO6S/c1-28-23(27)21-17-11-6-3-7-12-18(17)31-22(21)24-19(25)15-30-20(26)13-8-14-29-16-9-4-2-5-10-16/h2,4-5,9-10H,3,6-8,11-15H2,1H3,(H,24,25). The number of ether oxygens (including phenoxy) is 3. The van der Waals surface area contributed by atoms with Gasteiger partial charge in [0.25, 0.3) is 5.91 Å². The highest BCUT2D eigenvalue weighted by molar-refractivity contribution is 7.17. The Morgan fingerprint density at radius 3 is 2.61 bits per heavy atom. The van der Waals surface area contributed by atoms with Gasteiger partial charge in [-0.2, -0.15) is 0 Å². The molecular formula is C23H27NO6S. The van der Waals surface area contributed by atoms with Crippen LogP contribution in [0.3, 0.4) is 0 Å². The van der Waals surface area contributed by atoms with Crippen LogP contribution in [0.4, 0.5) is 5.00 Å². The van der Waals surface area contributed by atoms with Crippen LogP contribution in [0.1, 0.15) is 52.9 Å². The van der Waals surface area contributed by atoms with Gasteiger partial charge in [0.1, 0.15) is 10.8 Å². The van der Waals surface area contributed by atoms with Gasteiger partial charge < -0.3 is 19.5 Å². The summed E-state index contributed by atoms with van der Waals surface area (Å²) in [6.45, 7) is -0.0178. The Morgan fingerprint density at radius 2 is 1.84 bits per heavy atom. The van der Waals surface area contributed by atoms with E-state index >= 15 is 0 Å². The minimum Gasteiger partial charge on any atom is -0.494 e. The van der Waals surface area contributed by atoms with Crippen molar-refractivity contribution < 1.29 is 28.6 Å². The lowest BCUT2D eigenvalue weighted by Gasteiger charge is -2.08. The normalized spacial score (nSPS) is 12.9. The number of esters is 2. The molecule has 1 aromatic heterocycles. The molecule has 7 nitrogen and oxygen atoms in total. The van der Waals surface area contributed by atoms with Gasteiger partial charge in [0.15, 0.2) is 6.61 Å². The number of hydrogen-bond donors (Lipinski definition) is 1. The first-order chi connectivity index (χ1) is 15.1. The van der Waals surface area contributed by atoms with Gasteiger partial charge in [-0.25, -0.2) is 4.79 Å². The molecule has 1 aromatic carbocycles. The third kappa shape index (κ3) is 6.55. The number of hydrogen-bond acceptors (Lipinski definition) is 7. The molecule has 0 radical (unpaired) electrons. The molecule has 0 fully saturated rings. The van der Waals surface area contributed by atoms with Gasteiger partial charge in [-0.05, 0) is 49.8 Å². The van der Waals surface area contributed by atoms with Crippen molar-refractivity contribution in [1.29, 1.82) is 0 Å². The molecule has 0 unspecified atom stereocenters. The molecule has 1 heterocycles. The van der Waals surface area contributed by atoms with E-state index in [1.54, 1.807) is 0 Å². The third-order valence-corrected chi connectivity index (χ3v) is 6.17. The highest BCUT2D eigenvalue weighted by atomic mass is 32.1. The number of nitrogens with one attached hydrogen (secondary N) is 1. The molecule has 0 aliphatic heterocycles. The number of carbonyl (C=O) groups is 3. The second-order valence-electron chi connectivity index (χ2n) is 7.23. The van der Waals surface area contributed by atoms with Gasteiger partial charge in [-0.15, -0.1) is 11.3 Å². The van der Waals surface area contributed by atoms with E-state index in [0.29, 0.717) is 23.6 Å². The van der Waals surface area contributed by atoms with Crippen molar-refractivity contribution in [3.63, 3.8) is 0 Å². The smallest absolute Gasteiger partial charge is 0.341 e. The lowest BCUT2D eigenvalue weighted by atomic mass is 10.1. The number of rotatable bonds is 9. The Bertz CT molecular complexity index is 908. The van der Waals surface area contributed by atoms with Crippen LogP contribution in [0.25, 0.3) is 0 Å². The van der Waals surface area contributed by atoms with Crippen LogP contribution >= 0.6 is 11.3 Å². The molecule has 1 amide bonds. The van der Waals surface area contributed by atoms with E-state index < -0.39 is 24.5 Å². The summed E-state index contributed by atoms with van der Waals surface area (Å²) in [6.07, 6.45) is 5.52. The number of thiophene rings is 1. The molecule has 0 bridgehead atoms. The highest BCUT2D eigenvalue weighted by Crippen LogP contribution is 2.37. The maximum atomic E-state index is 12.3. The van der Waals surface area contributed by atoms with Gasteiger partial charge in [-0.3, -0.25) is 9.59 Å². The molecule has 1 aliphatic rings. The van der Waals surface area contributed by atoms with E-state index in [9.17, 15) is 14.4 Å². The molecule has 0 spiro atoms. The molecule has 31 heavy (non-hydrogen) atoms. The largest absolute Gasteiger partial charge is 0.494 e. The second-order valence-corrected chi connectivity index (χ2v) is 8.34. The molecule has 0 saturated heterocycles. The summed E-state index contributed by atoms with van der Waals surface area (Å²) < 4.78 is 15.5. The first-order valence-electron chi connectivity index (χ1n) is 10.4. The predicted octanol–water partition coefficient (Wildman–Crippen LogP) is 4.14. The zero-order valence-corrected chi connectivity index (χ0v) is 18.4. The van der Waals surface area contributed by atoms with Crippen molar-refractivity contribution in [2.45, 2.75) is 44.9 Å². The topological polar surface area (TPSA) is 90.9 Å². The van der Waals surface area contributed by atoms with Crippen molar-refractivity contribution in [1.82, 2.24) is 0 Å². The monoisotopic (exact) mass is 445 g/mol. The van der Waals surface area contributed by atoms with E-state index in [-0.39, 0.29) is 6.42 Å².